The lowest BCUT2D eigenvalue weighted by atomic mass is 9.69. The average Bonchev–Trinajstić information content (AvgIpc) is 3.67. The molecule has 2 saturated carbocycles. The number of hydrogen-bond acceptors (Lipinski definition) is 6. The number of nitrogens with zero attached hydrogens (tertiary/aromatic N) is 2. The van der Waals surface area contributed by atoms with Crippen LogP contribution in [0.1, 0.15) is 133 Å². The van der Waals surface area contributed by atoms with Crippen molar-refractivity contribution in [2.45, 2.75) is 147 Å². The number of carboxylic acids is 1. The Bertz CT molecular complexity index is 1360. The zero-order chi connectivity index (χ0) is 35.0. The summed E-state index contributed by atoms with van der Waals surface area (Å²) >= 11 is 0. The standard InChI is InChI=1S/C41H62N3O5/c1-3-5-6-9-28-12-13-31(37(46)23-28)10-7-8-11-32-14-15-33(35-22-27(4-2)26-44-35)34-21-30(20-29-17-19-43-38(42)24-29)25-41(34,49)18-16-36(45)39(32)40(47)48/h12-13,17,19,22,24,26,28,30-34,36-37,39,45-46,49H,3-11,14-16,18,20-21,23,25H2,1-2H3,(H2,42,43)(H,47,48)/q-1/t28-,30+,31-,32+,33-,34+,36+,37-,39+,41+/m1/s1. The summed E-state index contributed by atoms with van der Waals surface area (Å²) in [6.45, 7) is 4.34. The number of aliphatic carboxylic acids is 1. The zero-order valence-corrected chi connectivity index (χ0v) is 29.9. The van der Waals surface area contributed by atoms with Crippen molar-refractivity contribution in [3.05, 3.63) is 59.6 Å². The van der Waals surface area contributed by atoms with Gasteiger partial charge in [0.2, 0.25) is 0 Å². The van der Waals surface area contributed by atoms with Crippen molar-refractivity contribution in [2.75, 3.05) is 5.73 Å². The van der Waals surface area contributed by atoms with Crippen molar-refractivity contribution in [2.24, 2.45) is 35.5 Å². The summed E-state index contributed by atoms with van der Waals surface area (Å²) in [4.78, 5) is 21.8. The molecule has 2 heterocycles. The molecular weight excluding hydrogens is 614 g/mol. The Balaban J connectivity index is 1.29. The van der Waals surface area contributed by atoms with Gasteiger partial charge in [-0.1, -0.05) is 69.7 Å². The van der Waals surface area contributed by atoms with E-state index in [4.69, 9.17) is 10.7 Å². The lowest BCUT2D eigenvalue weighted by molar-refractivity contribution is -0.150. The normalized spacial score (nSPS) is 33.7. The second-order valence-corrected chi connectivity index (χ2v) is 15.9. The summed E-state index contributed by atoms with van der Waals surface area (Å²) in [6.07, 6.45) is 21.1. The highest BCUT2D eigenvalue weighted by molar-refractivity contribution is 5.71. The average molecular weight is 677 g/mol. The third-order valence-corrected chi connectivity index (χ3v) is 12.4. The molecule has 0 saturated heterocycles. The van der Waals surface area contributed by atoms with Gasteiger partial charge in [0.25, 0.3) is 0 Å². The van der Waals surface area contributed by atoms with Gasteiger partial charge in [0, 0.05) is 12.1 Å². The van der Waals surface area contributed by atoms with Crippen molar-refractivity contribution in [1.82, 2.24) is 9.97 Å². The molecule has 3 aliphatic carbocycles. The number of allylic oxidation sites excluding steroid dienone is 1. The number of hydrogen-bond donors (Lipinski definition) is 5. The second-order valence-electron chi connectivity index (χ2n) is 15.9. The predicted octanol–water partition coefficient (Wildman–Crippen LogP) is 7.21. The van der Waals surface area contributed by atoms with Crippen LogP contribution in [-0.2, 0) is 17.6 Å². The van der Waals surface area contributed by atoms with E-state index in [1.165, 1.54) is 24.8 Å². The molecule has 0 bridgehead atoms. The van der Waals surface area contributed by atoms with Crippen LogP contribution in [0.3, 0.4) is 0 Å². The fourth-order valence-electron chi connectivity index (χ4n) is 9.72. The first-order chi connectivity index (χ1) is 23.6. The molecule has 5 rings (SSSR count). The Morgan fingerprint density at radius 2 is 1.78 bits per heavy atom. The quantitative estimate of drug-likeness (QED) is 0.104. The highest BCUT2D eigenvalue weighted by Gasteiger charge is 2.50. The van der Waals surface area contributed by atoms with Crippen LogP contribution < -0.4 is 10.7 Å². The molecule has 2 aromatic rings. The highest BCUT2D eigenvalue weighted by Crippen LogP contribution is 2.53. The van der Waals surface area contributed by atoms with Crippen LogP contribution in [-0.4, -0.2) is 49.2 Å². The van der Waals surface area contributed by atoms with E-state index < -0.39 is 23.6 Å². The number of pyridine rings is 1. The molecule has 3 aliphatic rings. The number of anilines is 1. The van der Waals surface area contributed by atoms with Gasteiger partial charge >= 0.3 is 5.97 Å². The van der Waals surface area contributed by atoms with E-state index in [0.29, 0.717) is 31.0 Å². The first-order valence-electron chi connectivity index (χ1n) is 19.4. The summed E-state index contributed by atoms with van der Waals surface area (Å²) in [5.74, 6) is -0.658. The number of aryl methyl sites for hydroxylation is 1. The minimum atomic E-state index is -1.01. The summed E-state index contributed by atoms with van der Waals surface area (Å²) in [6, 6.07) is 6.08. The van der Waals surface area contributed by atoms with E-state index in [9.17, 15) is 25.2 Å². The van der Waals surface area contributed by atoms with Gasteiger partial charge < -0.3 is 31.1 Å². The molecule has 0 aromatic carbocycles. The van der Waals surface area contributed by atoms with Crippen LogP contribution in [0, 0.1) is 35.5 Å². The molecule has 10 atom stereocenters. The second kappa shape index (κ2) is 17.5. The van der Waals surface area contributed by atoms with Crippen molar-refractivity contribution in [3.63, 3.8) is 0 Å². The topological polar surface area (TPSA) is 151 Å². The number of rotatable bonds is 14. The summed E-state index contributed by atoms with van der Waals surface area (Å²) < 4.78 is 0. The van der Waals surface area contributed by atoms with Gasteiger partial charge in [-0.3, -0.25) is 4.79 Å². The molecule has 8 nitrogen and oxygen atoms in total. The molecule has 0 aliphatic heterocycles. The molecule has 0 unspecified atom stereocenters. The third kappa shape index (κ3) is 9.77. The third-order valence-electron chi connectivity index (χ3n) is 12.4. The van der Waals surface area contributed by atoms with Gasteiger partial charge in [-0.2, -0.15) is 11.9 Å². The molecule has 6 N–H and O–H groups in total. The van der Waals surface area contributed by atoms with Crippen LogP contribution >= 0.6 is 0 Å². The molecule has 0 spiro atoms. The van der Waals surface area contributed by atoms with E-state index in [1.54, 1.807) is 6.20 Å². The van der Waals surface area contributed by atoms with Crippen LogP contribution in [0.25, 0.3) is 0 Å². The van der Waals surface area contributed by atoms with Gasteiger partial charge in [-0.15, -0.1) is 0 Å². The van der Waals surface area contributed by atoms with Crippen LogP contribution in [0.4, 0.5) is 5.82 Å². The van der Waals surface area contributed by atoms with Gasteiger partial charge in [-0.25, -0.2) is 4.98 Å². The van der Waals surface area contributed by atoms with E-state index in [2.05, 4.69) is 37.0 Å². The fraction of sp³-hybridized carbons (Fsp3) is 0.707. The number of fused-ring (bicyclic) bond motifs is 1. The van der Waals surface area contributed by atoms with Crippen LogP contribution in [0.15, 0.2) is 42.7 Å². The maximum absolute atomic E-state index is 12.8. The smallest absolute Gasteiger partial charge is 0.309 e. The van der Waals surface area contributed by atoms with Gasteiger partial charge in [-0.05, 0) is 124 Å². The lowest BCUT2D eigenvalue weighted by Gasteiger charge is -2.41. The number of aliphatic hydroxyl groups excluding tert-OH is 2. The van der Waals surface area contributed by atoms with Gasteiger partial charge in [0.05, 0.1) is 23.7 Å². The number of carbonyl (C=O) groups is 1. The number of nitrogens with two attached hydrogens (primary N) is 1. The minimum Gasteiger partial charge on any atom is -0.667 e. The number of nitrogen functional groups attached to an aromatic ring is 1. The largest absolute Gasteiger partial charge is 0.667 e. The number of aliphatic hydroxyl groups is 3. The first-order valence-corrected chi connectivity index (χ1v) is 19.4. The van der Waals surface area contributed by atoms with E-state index in [0.717, 1.165) is 75.5 Å². The molecule has 2 aromatic heterocycles. The Morgan fingerprint density at radius 1 is 0.980 bits per heavy atom. The van der Waals surface area contributed by atoms with Crippen molar-refractivity contribution in [3.8, 4) is 0 Å². The molecule has 49 heavy (non-hydrogen) atoms. The van der Waals surface area contributed by atoms with Crippen molar-refractivity contribution in [1.29, 1.82) is 0 Å². The number of aromatic nitrogens is 2. The van der Waals surface area contributed by atoms with Crippen molar-refractivity contribution < 1.29 is 25.2 Å². The number of carboxylic acid groups (broad SMARTS) is 1. The lowest BCUT2D eigenvalue weighted by Crippen LogP contribution is -2.42. The molecule has 0 amide bonds. The molecule has 8 heteroatoms. The van der Waals surface area contributed by atoms with E-state index in [1.807, 2.05) is 18.3 Å². The Morgan fingerprint density at radius 3 is 2.49 bits per heavy atom. The molecule has 272 valence electrons. The van der Waals surface area contributed by atoms with Crippen LogP contribution in [0.2, 0.25) is 0 Å². The molecule has 0 radical (unpaired) electrons. The predicted molar refractivity (Wildman–Crippen MR) is 194 cm³/mol. The molecular formula is C41H62N3O5-. The SMILES string of the molecule is CCCCC[C@@H]1C=C[C@@H](CCCC[C@H]2CC[C@@H](c3cc(CC)c[n-]3)[C@@H]3C[C@H](Cc4ccnc(N)c4)C[C@@]3(O)CC[C@H](O)[C@H]2C(=O)O)[C@H](O)C1. The minimum absolute atomic E-state index is 0.0118. The van der Waals surface area contributed by atoms with Crippen LogP contribution in [0.5, 0.6) is 0 Å². The molecule has 2 fully saturated rings. The summed E-state index contributed by atoms with van der Waals surface area (Å²) in [7, 11) is 0. The first kappa shape index (κ1) is 37.6. The Labute approximate surface area is 294 Å². The van der Waals surface area contributed by atoms with Crippen molar-refractivity contribution >= 4 is 11.8 Å². The maximum atomic E-state index is 12.8. The van der Waals surface area contributed by atoms with E-state index in [-0.39, 0.29) is 42.1 Å². The summed E-state index contributed by atoms with van der Waals surface area (Å²) in [5, 5.41) is 45.2. The summed E-state index contributed by atoms with van der Waals surface area (Å²) in [5.41, 5.74) is 8.26. The van der Waals surface area contributed by atoms with Gasteiger partial charge in [0.1, 0.15) is 5.82 Å². The van der Waals surface area contributed by atoms with Gasteiger partial charge in [0.15, 0.2) is 0 Å². The highest BCUT2D eigenvalue weighted by atomic mass is 16.4. The maximum Gasteiger partial charge on any atom is 0.309 e. The number of unbranched alkanes of at least 4 members (excludes halogenated alkanes) is 3. The Hall–Kier alpha value is -2.68. The fourth-order valence-corrected chi connectivity index (χ4v) is 9.72. The monoisotopic (exact) mass is 676 g/mol. The zero-order valence-electron chi connectivity index (χ0n) is 29.9. The van der Waals surface area contributed by atoms with E-state index >= 15 is 0 Å². The Kier molecular flexibility index (Phi) is 13.4.